The molecule has 2 aliphatic carbocycles. The number of halogens is 1. The maximum atomic E-state index is 13.5. The van der Waals surface area contributed by atoms with Crippen molar-refractivity contribution in [2.24, 2.45) is 10.9 Å². The fraction of sp³-hybridized carbons (Fsp3) is 0.600. The molecule has 1 aromatic rings. The van der Waals surface area contributed by atoms with Gasteiger partial charge in [0.1, 0.15) is 5.82 Å². The first kappa shape index (κ1) is 19.5. The van der Waals surface area contributed by atoms with Gasteiger partial charge in [-0.05, 0) is 56.2 Å². The Morgan fingerprint density at radius 1 is 1.37 bits per heavy atom. The number of guanidine groups is 1. The molecular weight excluding hydrogens is 347 g/mol. The molecule has 0 saturated heterocycles. The zero-order valence-corrected chi connectivity index (χ0v) is 16.1. The molecule has 1 unspecified atom stereocenters. The van der Waals surface area contributed by atoms with Crippen molar-refractivity contribution in [3.8, 4) is 0 Å². The number of carbonyl (C=O) groups excluding carboxylic acids is 1. The number of ether oxygens (including phenoxy) is 1. The van der Waals surface area contributed by atoms with Crippen LogP contribution < -0.4 is 16.0 Å². The first-order valence-corrected chi connectivity index (χ1v) is 9.70. The molecule has 0 aliphatic heterocycles. The molecule has 6 nitrogen and oxygen atoms in total. The lowest BCUT2D eigenvalue weighted by Gasteiger charge is -2.22. The second-order valence-corrected chi connectivity index (χ2v) is 7.41. The third-order valence-corrected chi connectivity index (χ3v) is 5.37. The predicted octanol–water partition coefficient (Wildman–Crippen LogP) is 2.55. The second kappa shape index (κ2) is 8.59. The summed E-state index contributed by atoms with van der Waals surface area (Å²) in [6.07, 6.45) is 3.94. The van der Waals surface area contributed by atoms with Gasteiger partial charge >= 0.3 is 6.09 Å². The first-order chi connectivity index (χ1) is 13.1. The van der Waals surface area contributed by atoms with Gasteiger partial charge in [0.15, 0.2) is 5.96 Å². The lowest BCUT2D eigenvalue weighted by Crippen LogP contribution is -2.49. The van der Waals surface area contributed by atoms with Gasteiger partial charge in [0.25, 0.3) is 0 Å². The number of carbonyl (C=O) groups is 1. The maximum absolute atomic E-state index is 13.5. The summed E-state index contributed by atoms with van der Waals surface area (Å²) in [6, 6.07) is 6.87. The quantitative estimate of drug-likeness (QED) is 0.481. The van der Waals surface area contributed by atoms with E-state index >= 15 is 0 Å². The number of alkyl carbamates (subject to hydrolysis) is 1. The lowest BCUT2D eigenvalue weighted by molar-refractivity contribution is 0.146. The van der Waals surface area contributed by atoms with E-state index in [4.69, 9.17) is 4.74 Å². The molecular formula is C20H29FN4O2. The van der Waals surface area contributed by atoms with Crippen LogP contribution in [0.2, 0.25) is 0 Å². The summed E-state index contributed by atoms with van der Waals surface area (Å²) in [5, 5.41) is 9.58. The van der Waals surface area contributed by atoms with Crippen LogP contribution in [0.4, 0.5) is 9.18 Å². The highest BCUT2D eigenvalue weighted by molar-refractivity contribution is 5.80. The van der Waals surface area contributed by atoms with Gasteiger partial charge in [0.05, 0.1) is 12.6 Å². The summed E-state index contributed by atoms with van der Waals surface area (Å²) in [4.78, 5) is 16.0. The molecule has 0 aromatic heterocycles. The van der Waals surface area contributed by atoms with Gasteiger partial charge in [-0.2, -0.15) is 0 Å². The molecule has 3 rings (SSSR count). The zero-order valence-electron chi connectivity index (χ0n) is 16.1. The highest BCUT2D eigenvalue weighted by Gasteiger charge is 2.44. The Kier molecular flexibility index (Phi) is 6.19. The summed E-state index contributed by atoms with van der Waals surface area (Å²) in [5.74, 6) is 0.981. The Labute approximate surface area is 160 Å². The molecule has 1 amide bonds. The summed E-state index contributed by atoms with van der Waals surface area (Å²) in [7, 11) is 1.72. The molecule has 1 aromatic carbocycles. The van der Waals surface area contributed by atoms with E-state index in [1.807, 2.05) is 6.07 Å². The van der Waals surface area contributed by atoms with E-state index in [2.05, 4.69) is 20.9 Å². The van der Waals surface area contributed by atoms with Crippen LogP contribution in [0.15, 0.2) is 29.3 Å². The summed E-state index contributed by atoms with van der Waals surface area (Å²) in [6.45, 7) is 3.45. The van der Waals surface area contributed by atoms with Crippen LogP contribution in [0.1, 0.15) is 38.2 Å². The Morgan fingerprint density at radius 2 is 2.15 bits per heavy atom. The van der Waals surface area contributed by atoms with E-state index < -0.39 is 0 Å². The van der Waals surface area contributed by atoms with Crippen LogP contribution >= 0.6 is 0 Å². The van der Waals surface area contributed by atoms with Crippen LogP contribution in [-0.4, -0.2) is 44.8 Å². The molecule has 0 bridgehead atoms. The van der Waals surface area contributed by atoms with Gasteiger partial charge in [0.2, 0.25) is 0 Å². The predicted molar refractivity (Wildman–Crippen MR) is 103 cm³/mol. The smallest absolute Gasteiger partial charge is 0.407 e. The van der Waals surface area contributed by atoms with Crippen molar-refractivity contribution < 1.29 is 13.9 Å². The van der Waals surface area contributed by atoms with Crippen molar-refractivity contribution in [3.63, 3.8) is 0 Å². The minimum Gasteiger partial charge on any atom is -0.450 e. The number of benzene rings is 1. The molecule has 2 saturated carbocycles. The van der Waals surface area contributed by atoms with Crippen molar-refractivity contribution in [3.05, 3.63) is 35.6 Å². The van der Waals surface area contributed by atoms with E-state index in [-0.39, 0.29) is 23.4 Å². The van der Waals surface area contributed by atoms with E-state index in [1.165, 1.54) is 6.07 Å². The van der Waals surface area contributed by atoms with Crippen molar-refractivity contribution in [1.29, 1.82) is 0 Å². The van der Waals surface area contributed by atoms with Crippen molar-refractivity contribution in [1.82, 2.24) is 16.0 Å². The number of nitrogens with one attached hydrogen (secondary N) is 3. The van der Waals surface area contributed by atoms with Gasteiger partial charge in [0, 0.05) is 25.6 Å². The largest absolute Gasteiger partial charge is 0.450 e. The van der Waals surface area contributed by atoms with Gasteiger partial charge in [-0.3, -0.25) is 4.99 Å². The van der Waals surface area contributed by atoms with Crippen LogP contribution in [0.5, 0.6) is 0 Å². The molecule has 0 spiro atoms. The highest BCUT2D eigenvalue weighted by Crippen LogP contribution is 2.47. The summed E-state index contributed by atoms with van der Waals surface area (Å²) >= 11 is 0. The Bertz CT molecular complexity index is 686. The standard InChI is InChI=1S/C20H29FN4O2/c1-3-27-19(26)25-17(14-7-8-14)12-23-18(22-2)24-13-20(9-10-20)15-5-4-6-16(21)11-15/h4-6,11,14,17H,3,7-10,12-13H2,1-2H3,(H,25,26)(H2,22,23,24). The van der Waals surface area contributed by atoms with E-state index in [0.29, 0.717) is 31.6 Å². The number of nitrogens with zero attached hydrogens (tertiary/aromatic N) is 1. The van der Waals surface area contributed by atoms with Gasteiger partial charge in [-0.25, -0.2) is 9.18 Å². The van der Waals surface area contributed by atoms with Crippen LogP contribution in [0, 0.1) is 11.7 Å². The Morgan fingerprint density at radius 3 is 2.74 bits per heavy atom. The molecule has 1 atom stereocenters. The topological polar surface area (TPSA) is 74.8 Å². The molecule has 2 fully saturated rings. The van der Waals surface area contributed by atoms with Crippen molar-refractivity contribution in [2.45, 2.75) is 44.1 Å². The van der Waals surface area contributed by atoms with Gasteiger partial charge in [-0.1, -0.05) is 12.1 Å². The van der Waals surface area contributed by atoms with Crippen LogP contribution in [0.25, 0.3) is 0 Å². The van der Waals surface area contributed by atoms with E-state index in [1.54, 1.807) is 26.1 Å². The SMILES string of the molecule is CCOC(=O)NC(CNC(=NC)NCC1(c2cccc(F)c2)CC1)C1CC1. The maximum Gasteiger partial charge on any atom is 0.407 e. The summed E-state index contributed by atoms with van der Waals surface area (Å²) < 4.78 is 18.5. The summed E-state index contributed by atoms with van der Waals surface area (Å²) in [5.41, 5.74) is 1.02. The number of amides is 1. The third kappa shape index (κ3) is 5.34. The van der Waals surface area contributed by atoms with Crippen molar-refractivity contribution >= 4 is 12.1 Å². The number of hydrogen-bond acceptors (Lipinski definition) is 3. The third-order valence-electron chi connectivity index (χ3n) is 5.37. The van der Waals surface area contributed by atoms with Crippen LogP contribution in [-0.2, 0) is 10.2 Å². The van der Waals surface area contributed by atoms with Gasteiger partial charge < -0.3 is 20.7 Å². The lowest BCUT2D eigenvalue weighted by atomic mass is 9.96. The van der Waals surface area contributed by atoms with E-state index in [0.717, 1.165) is 31.2 Å². The highest BCUT2D eigenvalue weighted by atomic mass is 19.1. The normalized spacial score (nSPS) is 19.1. The van der Waals surface area contributed by atoms with Gasteiger partial charge in [-0.15, -0.1) is 0 Å². The Balaban J connectivity index is 1.50. The monoisotopic (exact) mass is 376 g/mol. The fourth-order valence-corrected chi connectivity index (χ4v) is 3.38. The average molecular weight is 376 g/mol. The van der Waals surface area contributed by atoms with Crippen molar-refractivity contribution in [2.75, 3.05) is 26.7 Å². The minimum atomic E-state index is -0.373. The number of rotatable bonds is 8. The zero-order chi connectivity index (χ0) is 19.3. The molecule has 27 heavy (non-hydrogen) atoms. The molecule has 0 radical (unpaired) electrons. The molecule has 2 aliphatic rings. The minimum absolute atomic E-state index is 0.0151. The molecule has 0 heterocycles. The molecule has 7 heteroatoms. The molecule has 148 valence electrons. The van der Waals surface area contributed by atoms with Crippen LogP contribution in [0.3, 0.4) is 0 Å². The molecule has 3 N–H and O–H groups in total. The van der Waals surface area contributed by atoms with E-state index in [9.17, 15) is 9.18 Å². The Hall–Kier alpha value is -2.31. The fourth-order valence-electron chi connectivity index (χ4n) is 3.38. The number of hydrogen-bond donors (Lipinski definition) is 3. The first-order valence-electron chi connectivity index (χ1n) is 9.70. The number of aliphatic imine (C=N–C) groups is 1. The average Bonchev–Trinajstić information content (AvgIpc) is 3.55. The second-order valence-electron chi connectivity index (χ2n) is 7.41.